The highest BCUT2D eigenvalue weighted by Crippen LogP contribution is 1.92. The quantitative estimate of drug-likeness (QED) is 0.310. The molecule has 0 aromatic rings. The molecule has 0 radical (unpaired) electrons. The van der Waals surface area contributed by atoms with E-state index in [1.54, 1.807) is 0 Å². The fourth-order valence-electron chi connectivity index (χ4n) is 0.173. The van der Waals surface area contributed by atoms with Crippen LogP contribution in [0, 0.1) is 0 Å². The lowest BCUT2D eigenvalue weighted by Crippen LogP contribution is -2.25. The van der Waals surface area contributed by atoms with Gasteiger partial charge in [0.15, 0.2) is 0 Å². The summed E-state index contributed by atoms with van der Waals surface area (Å²) in [4.78, 5) is 24.4. The third-order valence-electron chi connectivity index (χ3n) is 0.454. The summed E-state index contributed by atoms with van der Waals surface area (Å²) in [6, 6.07) is 0. The Morgan fingerprint density at radius 3 is 2.20 bits per heavy atom. The Hall–Kier alpha value is -1.02. The predicted octanol–water partition coefficient (Wildman–Crippen LogP) is -0.484. The van der Waals surface area contributed by atoms with Crippen molar-refractivity contribution < 1.29 is 33.0 Å². The van der Waals surface area contributed by atoms with Crippen LogP contribution in [-0.2, 0) is 24.0 Å². The Labute approximate surface area is 53.8 Å². The van der Waals surface area contributed by atoms with Gasteiger partial charge in [0.25, 0.3) is 0 Å². The first-order valence-electron chi connectivity index (χ1n) is 1.95. The van der Waals surface area contributed by atoms with Crippen molar-refractivity contribution in [2.24, 2.45) is 0 Å². The predicted molar refractivity (Wildman–Crippen MR) is 22.3 cm³/mol. The van der Waals surface area contributed by atoms with Gasteiger partial charge >= 0.3 is 13.3 Å². The molecule has 0 bridgehead atoms. The molecule has 0 aromatic heterocycles. The maximum atomic E-state index is 10.9. The number of hydrogen-bond acceptors (Lipinski definition) is 5. The molecule has 0 spiro atoms. The van der Waals surface area contributed by atoms with Gasteiger partial charge in [0.1, 0.15) is 0 Å². The van der Waals surface area contributed by atoms with Crippen molar-refractivity contribution >= 4 is 19.6 Å². The number of carbonyl (C=O) groups excluding carboxylic acids is 2. The first-order valence-corrected chi connectivity index (χ1v) is 1.95. The Morgan fingerprint density at radius 2 is 1.90 bits per heavy atom. The second-order valence-electron chi connectivity index (χ2n) is 1.02. The van der Waals surface area contributed by atoms with Crippen LogP contribution in [0.4, 0.5) is 9.05 Å². The van der Waals surface area contributed by atoms with E-state index in [4.69, 9.17) is 0 Å². The largest absolute Gasteiger partial charge is 0.781 e. The second-order valence-corrected chi connectivity index (χ2v) is 1.02. The van der Waals surface area contributed by atoms with E-state index in [0.29, 0.717) is 0 Å². The van der Waals surface area contributed by atoms with E-state index in [0.717, 1.165) is 0 Å². The number of carbonyl (C=O) groups is 2. The number of rotatable bonds is 4. The van der Waals surface area contributed by atoms with Gasteiger partial charge in [0, 0.05) is 0 Å². The van der Waals surface area contributed by atoms with Crippen LogP contribution in [0.25, 0.3) is 0 Å². The van der Waals surface area contributed by atoms with E-state index in [1.165, 1.54) is 0 Å². The van der Waals surface area contributed by atoms with Gasteiger partial charge in [-0.1, -0.05) is 9.05 Å². The van der Waals surface area contributed by atoms with E-state index < -0.39 is 13.3 Å². The summed E-state index contributed by atoms with van der Waals surface area (Å²) in [5.41, 5.74) is 0. The fraction of sp³-hybridized carbons (Fsp3) is 0. The molecule has 0 fully saturated rings. The summed E-state index contributed by atoms with van der Waals surface area (Å²) in [5, 5.41) is 0. The smallest absolute Gasteiger partial charge is 0.476 e. The van der Waals surface area contributed by atoms with Crippen LogP contribution >= 0.6 is 0 Å². The molecule has 0 unspecified atom stereocenters. The summed E-state index contributed by atoms with van der Waals surface area (Å²) in [6.07, 6.45) is -0.301. The molecule has 0 aliphatic carbocycles. The molecular weight excluding hydrogens is 153 g/mol. The Balaban J connectivity index is 3.62. The average Bonchev–Trinajstić information content (AvgIpc) is 1.99. The van der Waals surface area contributed by atoms with E-state index in [1.807, 2.05) is 0 Å². The lowest BCUT2D eigenvalue weighted by molar-refractivity contribution is -0.163. The van der Waals surface area contributed by atoms with Crippen molar-refractivity contribution in [3.63, 3.8) is 0 Å². The number of aldehydes is 1. The molecular formula is C2HBF2O5. The van der Waals surface area contributed by atoms with Gasteiger partial charge in [-0.15, -0.1) is 0 Å². The molecule has 0 saturated heterocycles. The average molecular weight is 154 g/mol. The number of hydrogen-bond donors (Lipinski definition) is 0. The van der Waals surface area contributed by atoms with E-state index in [9.17, 15) is 18.6 Å². The highest BCUT2D eigenvalue weighted by molar-refractivity contribution is 6.42. The molecule has 56 valence electrons. The van der Waals surface area contributed by atoms with Crippen molar-refractivity contribution in [1.29, 1.82) is 0 Å². The van der Waals surface area contributed by atoms with Gasteiger partial charge in [-0.3, -0.25) is 4.79 Å². The lowest BCUT2D eigenvalue weighted by atomic mass is 10.3. The zero-order chi connectivity index (χ0) is 7.98. The normalized spacial score (nSPS) is 8.60. The summed E-state index contributed by atoms with van der Waals surface area (Å²) in [6.45, 7) is 0. The molecule has 10 heavy (non-hydrogen) atoms. The third kappa shape index (κ3) is 3.10. The van der Waals surface area contributed by atoms with Gasteiger partial charge in [0.2, 0.25) is 6.29 Å². The van der Waals surface area contributed by atoms with Crippen LogP contribution in [0.15, 0.2) is 0 Å². The highest BCUT2D eigenvalue weighted by Gasteiger charge is 2.29. The molecule has 8 heteroatoms. The molecule has 0 saturated carbocycles. The van der Waals surface area contributed by atoms with Crippen LogP contribution in [0.1, 0.15) is 0 Å². The first-order chi connectivity index (χ1) is 4.74. The van der Waals surface area contributed by atoms with Gasteiger partial charge in [-0.2, -0.15) is 9.72 Å². The van der Waals surface area contributed by atoms with Gasteiger partial charge in [-0.25, -0.2) is 4.79 Å². The molecule has 0 aliphatic heterocycles. The Kier molecular flexibility index (Phi) is 4.34. The van der Waals surface area contributed by atoms with Crippen molar-refractivity contribution in [2.75, 3.05) is 0 Å². The zero-order valence-electron chi connectivity index (χ0n) is 4.45. The Bertz CT molecular complexity index is 125. The maximum Gasteiger partial charge on any atom is 0.781 e. The monoisotopic (exact) mass is 154 g/mol. The molecule has 0 aliphatic rings. The van der Waals surface area contributed by atoms with Crippen molar-refractivity contribution in [3.8, 4) is 0 Å². The first kappa shape index (κ1) is 8.98. The van der Waals surface area contributed by atoms with Crippen molar-refractivity contribution in [3.05, 3.63) is 0 Å². The van der Waals surface area contributed by atoms with E-state index in [-0.39, 0.29) is 6.29 Å². The van der Waals surface area contributed by atoms with Crippen LogP contribution < -0.4 is 0 Å². The molecule has 0 rings (SSSR count). The van der Waals surface area contributed by atoms with Gasteiger partial charge in [0.05, 0.1) is 0 Å². The number of halogens is 2. The highest BCUT2D eigenvalue weighted by atomic mass is 19.3. The van der Waals surface area contributed by atoms with Gasteiger partial charge in [-0.05, 0) is 0 Å². The maximum absolute atomic E-state index is 10.9. The minimum atomic E-state index is -2.43. The summed E-state index contributed by atoms with van der Waals surface area (Å²) in [5.74, 6) is -1.50. The SMILES string of the molecule is O=CC(=O)OB(OF)OF. The summed E-state index contributed by atoms with van der Waals surface area (Å²) < 4.78 is 25.3. The standard InChI is InChI=1S/C2HBF2O5/c4-9-3(10-5)8-2(7)1-6/h1H. The van der Waals surface area contributed by atoms with E-state index >= 15 is 0 Å². The van der Waals surface area contributed by atoms with Crippen LogP contribution in [0.2, 0.25) is 0 Å². The third-order valence-corrected chi connectivity index (χ3v) is 0.454. The topological polar surface area (TPSA) is 61.8 Å². The lowest BCUT2D eigenvalue weighted by Gasteiger charge is -1.97. The summed E-state index contributed by atoms with van der Waals surface area (Å²) in [7, 11) is -2.43. The zero-order valence-corrected chi connectivity index (χ0v) is 4.45. The molecule has 0 N–H and O–H groups in total. The van der Waals surface area contributed by atoms with Gasteiger partial charge < -0.3 is 4.65 Å². The molecule has 0 heterocycles. The van der Waals surface area contributed by atoms with Crippen LogP contribution in [0.3, 0.4) is 0 Å². The molecule has 0 atom stereocenters. The van der Waals surface area contributed by atoms with Crippen LogP contribution in [-0.4, -0.2) is 19.6 Å². The molecule has 0 amide bonds. The second kappa shape index (κ2) is 4.83. The molecule has 5 nitrogen and oxygen atoms in total. The van der Waals surface area contributed by atoms with Crippen molar-refractivity contribution in [2.45, 2.75) is 0 Å². The van der Waals surface area contributed by atoms with E-state index in [2.05, 4.69) is 14.4 Å². The Morgan fingerprint density at radius 1 is 1.40 bits per heavy atom. The fourth-order valence-corrected chi connectivity index (χ4v) is 0.173. The van der Waals surface area contributed by atoms with Crippen LogP contribution in [0.5, 0.6) is 0 Å². The summed E-state index contributed by atoms with van der Waals surface area (Å²) >= 11 is 0. The minimum Gasteiger partial charge on any atom is -0.476 e. The minimum absolute atomic E-state index is 0.301. The van der Waals surface area contributed by atoms with Crippen molar-refractivity contribution in [1.82, 2.24) is 0 Å². The molecule has 0 aromatic carbocycles.